The molecular formula is C14H15N2+. The van der Waals surface area contributed by atoms with E-state index in [2.05, 4.69) is 49.6 Å². The van der Waals surface area contributed by atoms with Gasteiger partial charge >= 0.3 is 5.82 Å². The fourth-order valence-corrected chi connectivity index (χ4v) is 2.37. The van der Waals surface area contributed by atoms with E-state index in [1.165, 1.54) is 22.4 Å². The lowest BCUT2D eigenvalue weighted by molar-refractivity contribution is -0.681. The fourth-order valence-electron chi connectivity index (χ4n) is 2.37. The summed E-state index contributed by atoms with van der Waals surface area (Å²) < 4.78 is 2.31. The summed E-state index contributed by atoms with van der Waals surface area (Å²) in [5.74, 6) is 1.12. The van der Waals surface area contributed by atoms with Gasteiger partial charge in [0.1, 0.15) is 12.2 Å². The first-order valence-electron chi connectivity index (χ1n) is 5.64. The van der Waals surface area contributed by atoms with Crippen LogP contribution in [-0.4, -0.2) is 4.98 Å². The van der Waals surface area contributed by atoms with Crippen molar-refractivity contribution in [1.82, 2.24) is 4.98 Å². The summed E-state index contributed by atoms with van der Waals surface area (Å²) in [5.41, 5.74) is 6.44. The Morgan fingerprint density at radius 2 is 1.88 bits per heavy atom. The molecule has 2 aromatic rings. The number of nitrogens with zero attached hydrogens (tertiary/aromatic N) is 2. The van der Waals surface area contributed by atoms with Crippen LogP contribution in [-0.2, 0) is 6.54 Å². The maximum atomic E-state index is 4.72. The Bertz CT molecular complexity index is 586. The number of hydrogen-bond acceptors (Lipinski definition) is 1. The van der Waals surface area contributed by atoms with Gasteiger partial charge in [0.25, 0.3) is 0 Å². The van der Waals surface area contributed by atoms with Crippen LogP contribution in [0.15, 0.2) is 24.3 Å². The van der Waals surface area contributed by atoms with Gasteiger partial charge in [-0.25, -0.2) is 4.57 Å². The first-order chi connectivity index (χ1) is 7.68. The number of hydrogen-bond donors (Lipinski definition) is 0. The van der Waals surface area contributed by atoms with Gasteiger partial charge in [-0.1, -0.05) is 18.2 Å². The van der Waals surface area contributed by atoms with Gasteiger partial charge < -0.3 is 0 Å². The molecule has 0 aliphatic carbocycles. The molecule has 80 valence electrons. The highest BCUT2D eigenvalue weighted by atomic mass is 15.1. The minimum absolute atomic E-state index is 0.964. The molecule has 0 saturated carbocycles. The van der Waals surface area contributed by atoms with Gasteiger partial charge in [0.05, 0.1) is 5.56 Å². The van der Waals surface area contributed by atoms with Crippen molar-refractivity contribution in [3.8, 4) is 11.4 Å². The Hall–Kier alpha value is -1.70. The second-order valence-electron chi connectivity index (χ2n) is 4.47. The highest BCUT2D eigenvalue weighted by molar-refractivity contribution is 5.60. The monoisotopic (exact) mass is 211 g/mol. The van der Waals surface area contributed by atoms with Crippen LogP contribution in [0.1, 0.15) is 22.5 Å². The maximum Gasteiger partial charge on any atom is 0.331 e. The Kier molecular flexibility index (Phi) is 1.87. The number of aromatic nitrogens is 2. The molecule has 0 unspecified atom stereocenters. The summed E-state index contributed by atoms with van der Waals surface area (Å²) >= 11 is 0. The molecule has 0 spiro atoms. The summed E-state index contributed by atoms with van der Waals surface area (Å²) in [6, 6.07) is 8.53. The van der Waals surface area contributed by atoms with Crippen LogP contribution >= 0.6 is 0 Å². The number of fused-ring (bicyclic) bond motifs is 3. The molecule has 1 aliphatic heterocycles. The van der Waals surface area contributed by atoms with Gasteiger partial charge in [-0.05, 0) is 24.9 Å². The Morgan fingerprint density at radius 1 is 1.12 bits per heavy atom. The molecule has 16 heavy (non-hydrogen) atoms. The Labute approximate surface area is 95.6 Å². The standard InChI is InChI=1S/C14H15N2/c1-9-10(2)15-14-13-7-5-4-6-12(13)8-16(14)11(9)3/h4-7H,8H2,1-3H3/q+1. The lowest BCUT2D eigenvalue weighted by Gasteiger charge is -2.03. The zero-order chi connectivity index (χ0) is 11.3. The minimum Gasteiger partial charge on any atom is -0.223 e. The molecule has 1 aromatic heterocycles. The van der Waals surface area contributed by atoms with Crippen LogP contribution < -0.4 is 4.57 Å². The average molecular weight is 211 g/mol. The van der Waals surface area contributed by atoms with Gasteiger partial charge in [0.15, 0.2) is 5.69 Å². The highest BCUT2D eigenvalue weighted by Crippen LogP contribution is 2.26. The van der Waals surface area contributed by atoms with E-state index >= 15 is 0 Å². The molecule has 2 nitrogen and oxygen atoms in total. The molecule has 0 bridgehead atoms. The van der Waals surface area contributed by atoms with E-state index in [4.69, 9.17) is 4.98 Å². The molecule has 1 aromatic carbocycles. The van der Waals surface area contributed by atoms with Crippen molar-refractivity contribution in [2.24, 2.45) is 0 Å². The van der Waals surface area contributed by atoms with Gasteiger partial charge in [0.2, 0.25) is 0 Å². The zero-order valence-electron chi connectivity index (χ0n) is 9.91. The lowest BCUT2D eigenvalue weighted by atomic mass is 10.1. The van der Waals surface area contributed by atoms with Crippen molar-refractivity contribution in [2.75, 3.05) is 0 Å². The lowest BCUT2D eigenvalue weighted by Crippen LogP contribution is -2.38. The molecule has 0 amide bonds. The number of rotatable bonds is 0. The maximum absolute atomic E-state index is 4.72. The molecule has 1 aliphatic rings. The summed E-state index contributed by atoms with van der Waals surface area (Å²) in [4.78, 5) is 4.72. The molecule has 0 saturated heterocycles. The van der Waals surface area contributed by atoms with E-state index in [-0.39, 0.29) is 0 Å². The fraction of sp³-hybridized carbons (Fsp3) is 0.286. The first kappa shape index (κ1) is 9.52. The third kappa shape index (κ3) is 1.13. The second-order valence-corrected chi connectivity index (χ2v) is 4.47. The number of aryl methyl sites for hydroxylation is 1. The average Bonchev–Trinajstić information content (AvgIpc) is 2.65. The molecule has 3 rings (SSSR count). The molecular weight excluding hydrogens is 196 g/mol. The quantitative estimate of drug-likeness (QED) is 0.521. The number of benzene rings is 1. The van der Waals surface area contributed by atoms with Crippen LogP contribution in [0, 0.1) is 20.8 Å². The highest BCUT2D eigenvalue weighted by Gasteiger charge is 2.29. The molecule has 2 heterocycles. The van der Waals surface area contributed by atoms with Crippen LogP contribution in [0.3, 0.4) is 0 Å². The predicted molar refractivity (Wildman–Crippen MR) is 63.2 cm³/mol. The van der Waals surface area contributed by atoms with E-state index in [0.717, 1.165) is 18.1 Å². The first-order valence-corrected chi connectivity index (χ1v) is 5.64. The van der Waals surface area contributed by atoms with E-state index in [1.807, 2.05) is 0 Å². The Morgan fingerprint density at radius 3 is 2.69 bits per heavy atom. The van der Waals surface area contributed by atoms with Gasteiger partial charge in [-0.2, -0.15) is 0 Å². The summed E-state index contributed by atoms with van der Waals surface area (Å²) in [6.45, 7) is 7.38. The van der Waals surface area contributed by atoms with Crippen molar-refractivity contribution in [3.63, 3.8) is 0 Å². The smallest absolute Gasteiger partial charge is 0.223 e. The SMILES string of the molecule is Cc1nc2[n+](c(C)c1C)Cc1ccccc1-2. The zero-order valence-corrected chi connectivity index (χ0v) is 9.91. The van der Waals surface area contributed by atoms with E-state index in [1.54, 1.807) is 0 Å². The largest absolute Gasteiger partial charge is 0.331 e. The summed E-state index contributed by atoms with van der Waals surface area (Å²) in [5, 5.41) is 0. The molecule has 2 heteroatoms. The predicted octanol–water partition coefficient (Wildman–Crippen LogP) is 2.32. The van der Waals surface area contributed by atoms with Crippen LogP contribution in [0.5, 0.6) is 0 Å². The molecule has 0 N–H and O–H groups in total. The third-order valence-electron chi connectivity index (χ3n) is 3.61. The summed E-state index contributed by atoms with van der Waals surface area (Å²) in [6.07, 6.45) is 0. The molecule has 0 radical (unpaired) electrons. The van der Waals surface area contributed by atoms with E-state index in [0.29, 0.717) is 0 Å². The van der Waals surface area contributed by atoms with Gasteiger partial charge in [-0.15, -0.1) is 0 Å². The topological polar surface area (TPSA) is 16.8 Å². The van der Waals surface area contributed by atoms with Crippen molar-refractivity contribution >= 4 is 0 Å². The van der Waals surface area contributed by atoms with E-state index in [9.17, 15) is 0 Å². The third-order valence-corrected chi connectivity index (χ3v) is 3.61. The van der Waals surface area contributed by atoms with Crippen molar-refractivity contribution < 1.29 is 4.57 Å². The summed E-state index contributed by atoms with van der Waals surface area (Å²) in [7, 11) is 0. The van der Waals surface area contributed by atoms with Crippen LogP contribution in [0.25, 0.3) is 11.4 Å². The van der Waals surface area contributed by atoms with Crippen molar-refractivity contribution in [1.29, 1.82) is 0 Å². The van der Waals surface area contributed by atoms with Crippen molar-refractivity contribution in [2.45, 2.75) is 27.3 Å². The normalized spacial score (nSPS) is 12.4. The van der Waals surface area contributed by atoms with Gasteiger partial charge in [0, 0.05) is 18.1 Å². The molecule has 0 atom stereocenters. The van der Waals surface area contributed by atoms with Crippen molar-refractivity contribution in [3.05, 3.63) is 46.8 Å². The Balaban J connectivity index is 2.34. The second kappa shape index (κ2) is 3.14. The van der Waals surface area contributed by atoms with Crippen LogP contribution in [0.4, 0.5) is 0 Å². The van der Waals surface area contributed by atoms with E-state index < -0.39 is 0 Å². The molecule has 0 fully saturated rings. The van der Waals surface area contributed by atoms with Gasteiger partial charge in [-0.3, -0.25) is 0 Å². The van der Waals surface area contributed by atoms with Crippen LogP contribution in [0.2, 0.25) is 0 Å². The minimum atomic E-state index is 0.964.